The fraction of sp³-hybridized carbons (Fsp3) is 0.304. The molecule has 2 saturated heterocycles. The molecule has 2 atom stereocenters. The number of aliphatic carboxylic acids is 1. The van der Waals surface area contributed by atoms with Crippen LogP contribution in [-0.4, -0.2) is 70.6 Å². The van der Waals surface area contributed by atoms with Crippen LogP contribution in [0.1, 0.15) is 12.0 Å². The third-order valence-electron chi connectivity index (χ3n) is 5.81. The Balaban J connectivity index is 1.67. The van der Waals surface area contributed by atoms with E-state index in [9.17, 15) is 23.6 Å². The molecule has 0 saturated carbocycles. The molecule has 178 valence electrons. The van der Waals surface area contributed by atoms with Gasteiger partial charge in [-0.1, -0.05) is 41.9 Å². The molecular weight excluding hydrogens is 469 g/mol. The monoisotopic (exact) mass is 489 g/mol. The lowest BCUT2D eigenvalue weighted by molar-refractivity contribution is -0.148. The Morgan fingerprint density at radius 2 is 1.85 bits per heavy atom. The maximum Gasteiger partial charge on any atom is 0.332 e. The Bertz CT molecular complexity index is 1130. The van der Waals surface area contributed by atoms with Crippen LogP contribution in [0.3, 0.4) is 0 Å². The van der Waals surface area contributed by atoms with Gasteiger partial charge in [0.1, 0.15) is 25.1 Å². The lowest BCUT2D eigenvalue weighted by Gasteiger charge is -2.43. The van der Waals surface area contributed by atoms with Crippen molar-refractivity contribution in [2.24, 2.45) is 0 Å². The number of benzene rings is 2. The molecule has 0 bridgehead atoms. The summed E-state index contributed by atoms with van der Waals surface area (Å²) in [6.07, 6.45) is 0.359. The molecular formula is C23H21ClFN3O6. The summed E-state index contributed by atoms with van der Waals surface area (Å²) in [5.74, 6) is -3.13. The Labute approximate surface area is 199 Å². The number of ether oxygens (including phenoxy) is 1. The first-order chi connectivity index (χ1) is 16.3. The third-order valence-corrected chi connectivity index (χ3v) is 6.09. The minimum atomic E-state index is -1.22. The second kappa shape index (κ2) is 9.78. The highest BCUT2D eigenvalue weighted by Crippen LogP contribution is 2.35. The number of hydrogen-bond acceptors (Lipinski definition) is 5. The predicted molar refractivity (Wildman–Crippen MR) is 119 cm³/mol. The summed E-state index contributed by atoms with van der Waals surface area (Å²) >= 11 is 5.90. The summed E-state index contributed by atoms with van der Waals surface area (Å²) in [5.41, 5.74) is 0.912. The molecule has 9 nitrogen and oxygen atoms in total. The van der Waals surface area contributed by atoms with Crippen LogP contribution >= 0.6 is 11.6 Å². The van der Waals surface area contributed by atoms with Gasteiger partial charge in [0.2, 0.25) is 5.91 Å². The average molecular weight is 490 g/mol. The summed E-state index contributed by atoms with van der Waals surface area (Å²) in [4.78, 5) is 54.2. The average Bonchev–Trinajstić information content (AvgIpc) is 3.25. The second-order valence-corrected chi connectivity index (χ2v) is 8.35. The summed E-state index contributed by atoms with van der Waals surface area (Å²) in [6.45, 7) is -0.789. The van der Waals surface area contributed by atoms with Crippen LogP contribution < -0.4 is 4.90 Å². The van der Waals surface area contributed by atoms with Crippen molar-refractivity contribution in [1.82, 2.24) is 9.80 Å². The number of likely N-dealkylation sites (tertiary alicyclic amines) is 1. The van der Waals surface area contributed by atoms with E-state index >= 15 is 0 Å². The van der Waals surface area contributed by atoms with Gasteiger partial charge in [-0.3, -0.25) is 9.59 Å². The number of imide groups is 1. The van der Waals surface area contributed by atoms with Crippen LogP contribution in [0, 0.1) is 5.82 Å². The van der Waals surface area contributed by atoms with Crippen molar-refractivity contribution in [3.8, 4) is 0 Å². The molecule has 2 aromatic carbocycles. The zero-order chi connectivity index (χ0) is 24.4. The summed E-state index contributed by atoms with van der Waals surface area (Å²) < 4.78 is 18.7. The SMILES string of the molecule is O=C(O)COCC(=O)N1CC[C@H]2[C@H]1C(=O)N(c1ccc(F)c(Cl)c1)C(=O)N2Cc1ccccc1. The van der Waals surface area contributed by atoms with E-state index < -0.39 is 54.9 Å². The molecule has 2 aliphatic heterocycles. The molecule has 2 aliphatic rings. The normalized spacial score (nSPS) is 20.0. The van der Waals surface area contributed by atoms with E-state index in [0.29, 0.717) is 6.42 Å². The minimum Gasteiger partial charge on any atom is -0.480 e. The number of carbonyl (C=O) groups excluding carboxylic acids is 3. The highest BCUT2D eigenvalue weighted by molar-refractivity contribution is 6.31. The van der Waals surface area contributed by atoms with Crippen molar-refractivity contribution in [3.63, 3.8) is 0 Å². The minimum absolute atomic E-state index is 0.0827. The largest absolute Gasteiger partial charge is 0.480 e. The summed E-state index contributed by atoms with van der Waals surface area (Å²) in [5, 5.41) is 8.48. The number of anilines is 1. The Hall–Kier alpha value is -3.50. The number of halogens is 2. The van der Waals surface area contributed by atoms with Gasteiger partial charge in [0, 0.05) is 13.1 Å². The number of carboxylic acid groups (broad SMARTS) is 1. The molecule has 0 aliphatic carbocycles. The molecule has 0 spiro atoms. The topological polar surface area (TPSA) is 107 Å². The van der Waals surface area contributed by atoms with E-state index in [0.717, 1.165) is 16.5 Å². The summed E-state index contributed by atoms with van der Waals surface area (Å²) in [7, 11) is 0. The highest BCUT2D eigenvalue weighted by atomic mass is 35.5. The van der Waals surface area contributed by atoms with Crippen LogP contribution in [0.15, 0.2) is 48.5 Å². The number of fused-ring (bicyclic) bond motifs is 1. The molecule has 0 aromatic heterocycles. The smallest absolute Gasteiger partial charge is 0.332 e. The maximum absolute atomic E-state index is 13.7. The number of amides is 4. The molecule has 0 unspecified atom stereocenters. The standard InChI is InChI=1S/C23H21ClFN3O6/c24-16-10-15(6-7-17(16)25)28-22(32)21-18(8-9-26(21)19(29)12-34-13-20(30)31)27(23(28)33)11-14-4-2-1-3-5-14/h1-7,10,18,21H,8-9,11-13H2,(H,30,31)/t18-,21-/m0/s1. The molecule has 1 N–H and O–H groups in total. The number of hydrogen-bond donors (Lipinski definition) is 1. The number of carboxylic acids is 1. The Morgan fingerprint density at radius 1 is 1.12 bits per heavy atom. The van der Waals surface area contributed by atoms with E-state index in [-0.39, 0.29) is 23.8 Å². The molecule has 4 rings (SSSR count). The molecule has 2 heterocycles. The van der Waals surface area contributed by atoms with E-state index in [4.69, 9.17) is 21.4 Å². The van der Waals surface area contributed by atoms with Crippen LogP contribution in [0.2, 0.25) is 5.02 Å². The van der Waals surface area contributed by atoms with Crippen molar-refractivity contribution >= 4 is 41.1 Å². The molecule has 34 heavy (non-hydrogen) atoms. The van der Waals surface area contributed by atoms with Crippen LogP contribution in [0.5, 0.6) is 0 Å². The Morgan fingerprint density at radius 3 is 2.53 bits per heavy atom. The number of carbonyl (C=O) groups is 4. The second-order valence-electron chi connectivity index (χ2n) is 7.94. The summed E-state index contributed by atoms with van der Waals surface area (Å²) in [6, 6.07) is 10.5. The zero-order valence-electron chi connectivity index (χ0n) is 17.9. The van der Waals surface area contributed by atoms with E-state index in [1.165, 1.54) is 21.9 Å². The van der Waals surface area contributed by atoms with E-state index in [1.54, 1.807) is 0 Å². The van der Waals surface area contributed by atoms with Gasteiger partial charge in [-0.05, 0) is 30.2 Å². The lowest BCUT2D eigenvalue weighted by Crippen LogP contribution is -2.66. The number of nitrogens with zero attached hydrogens (tertiary/aromatic N) is 3. The molecule has 11 heteroatoms. The van der Waals surface area contributed by atoms with Crippen molar-refractivity contribution in [3.05, 3.63) is 64.9 Å². The van der Waals surface area contributed by atoms with Gasteiger partial charge in [0.15, 0.2) is 0 Å². The van der Waals surface area contributed by atoms with Crippen molar-refractivity contribution in [2.45, 2.75) is 25.0 Å². The van der Waals surface area contributed by atoms with Crippen LogP contribution in [0.4, 0.5) is 14.9 Å². The number of rotatable bonds is 7. The quantitative estimate of drug-likeness (QED) is 0.640. The Kier molecular flexibility index (Phi) is 6.80. The first-order valence-electron chi connectivity index (χ1n) is 10.5. The highest BCUT2D eigenvalue weighted by Gasteiger charge is 2.53. The van der Waals surface area contributed by atoms with E-state index in [1.807, 2.05) is 30.3 Å². The van der Waals surface area contributed by atoms with Gasteiger partial charge in [-0.15, -0.1) is 0 Å². The van der Waals surface area contributed by atoms with Gasteiger partial charge in [0.05, 0.1) is 16.8 Å². The van der Waals surface area contributed by atoms with Crippen molar-refractivity contribution < 1.29 is 33.4 Å². The van der Waals surface area contributed by atoms with Crippen LogP contribution in [-0.2, 0) is 25.7 Å². The van der Waals surface area contributed by atoms with E-state index in [2.05, 4.69) is 0 Å². The van der Waals surface area contributed by atoms with Gasteiger partial charge in [0.25, 0.3) is 5.91 Å². The first kappa shape index (κ1) is 23.7. The molecule has 2 fully saturated rings. The molecule has 4 amide bonds. The fourth-order valence-electron chi connectivity index (χ4n) is 4.31. The molecule has 2 aromatic rings. The lowest BCUT2D eigenvalue weighted by atomic mass is 10.0. The first-order valence-corrected chi connectivity index (χ1v) is 10.9. The van der Waals surface area contributed by atoms with Gasteiger partial charge < -0.3 is 19.6 Å². The third kappa shape index (κ3) is 4.59. The van der Waals surface area contributed by atoms with Crippen LogP contribution in [0.25, 0.3) is 0 Å². The van der Waals surface area contributed by atoms with Gasteiger partial charge in [-0.2, -0.15) is 0 Å². The maximum atomic E-state index is 13.7. The fourth-order valence-corrected chi connectivity index (χ4v) is 4.49. The zero-order valence-corrected chi connectivity index (χ0v) is 18.7. The molecule has 0 radical (unpaired) electrons. The van der Waals surface area contributed by atoms with Crippen molar-refractivity contribution in [2.75, 3.05) is 24.7 Å². The number of urea groups is 1. The van der Waals surface area contributed by atoms with Gasteiger partial charge in [-0.25, -0.2) is 18.9 Å². The van der Waals surface area contributed by atoms with Crippen molar-refractivity contribution in [1.29, 1.82) is 0 Å². The van der Waals surface area contributed by atoms with Gasteiger partial charge >= 0.3 is 12.0 Å². The predicted octanol–water partition coefficient (Wildman–Crippen LogP) is 2.52.